The van der Waals surface area contributed by atoms with Gasteiger partial charge in [0.05, 0.1) is 18.8 Å². The van der Waals surface area contributed by atoms with Gasteiger partial charge >= 0.3 is 0 Å². The minimum absolute atomic E-state index is 0.0230. The van der Waals surface area contributed by atoms with Gasteiger partial charge < -0.3 is 19.4 Å². The average Bonchev–Trinajstić information content (AvgIpc) is 3.23. The van der Waals surface area contributed by atoms with Crippen molar-refractivity contribution >= 4 is 17.9 Å². The molecule has 6 nitrogen and oxygen atoms in total. The average molecular weight is 394 g/mol. The largest absolute Gasteiger partial charge is 0.482 e. The summed E-state index contributed by atoms with van der Waals surface area (Å²) in [6.45, 7) is 2.35. The van der Waals surface area contributed by atoms with Gasteiger partial charge in [0.25, 0.3) is 5.91 Å². The van der Waals surface area contributed by atoms with E-state index in [-0.39, 0.29) is 30.5 Å². The maximum Gasteiger partial charge on any atom is 0.289 e. The number of carbonyl (C=O) groups is 2. The normalized spacial score (nSPS) is 22.9. The summed E-state index contributed by atoms with van der Waals surface area (Å²) in [6, 6.07) is 11.5. The topological polar surface area (TPSA) is 71.8 Å². The number of furan rings is 1. The molecule has 2 fully saturated rings. The zero-order valence-corrected chi connectivity index (χ0v) is 16.6. The van der Waals surface area contributed by atoms with Crippen LogP contribution in [-0.2, 0) is 20.9 Å². The molecule has 1 aromatic carbocycles. The smallest absolute Gasteiger partial charge is 0.289 e. The van der Waals surface area contributed by atoms with Crippen LogP contribution in [0.1, 0.15) is 42.6 Å². The molecule has 0 spiro atoms. The Balaban J connectivity index is 1.51. The monoisotopic (exact) mass is 394 g/mol. The van der Waals surface area contributed by atoms with Crippen molar-refractivity contribution in [2.45, 2.75) is 51.3 Å². The highest BCUT2D eigenvalue weighted by Crippen LogP contribution is 2.33. The van der Waals surface area contributed by atoms with Gasteiger partial charge in [-0.15, -0.1) is 0 Å². The van der Waals surface area contributed by atoms with Crippen molar-refractivity contribution in [2.75, 3.05) is 6.54 Å². The molecule has 4 rings (SSSR count). The standard InChI is InChI=1S/C23H26N2O4/c1-16-6-4-7-17(12-16)13-21-23(27)25(19-9-2-3-10-20(19)29-21)15-22(26)24-14-18-8-5-11-28-18/h4-8,11-13,19-20H,2-3,9-10,14-15H2,1H3,(H,24,26)/b21-13+. The molecule has 152 valence electrons. The zero-order chi connectivity index (χ0) is 20.2. The fourth-order valence-electron chi connectivity index (χ4n) is 4.08. The van der Waals surface area contributed by atoms with E-state index in [0.29, 0.717) is 18.1 Å². The van der Waals surface area contributed by atoms with Gasteiger partial charge in [-0.3, -0.25) is 9.59 Å². The van der Waals surface area contributed by atoms with Crippen molar-refractivity contribution in [1.82, 2.24) is 10.2 Å². The number of amides is 2. The van der Waals surface area contributed by atoms with E-state index >= 15 is 0 Å². The molecule has 29 heavy (non-hydrogen) atoms. The summed E-state index contributed by atoms with van der Waals surface area (Å²) in [5.41, 5.74) is 2.04. The quantitative estimate of drug-likeness (QED) is 0.789. The molecule has 2 unspecified atom stereocenters. The molecular weight excluding hydrogens is 368 g/mol. The lowest BCUT2D eigenvalue weighted by Crippen LogP contribution is -2.57. The van der Waals surface area contributed by atoms with Crippen molar-refractivity contribution < 1.29 is 18.7 Å². The highest BCUT2D eigenvalue weighted by molar-refractivity contribution is 5.98. The summed E-state index contributed by atoms with van der Waals surface area (Å²) in [6.07, 6.45) is 7.17. The van der Waals surface area contributed by atoms with Crippen molar-refractivity contribution in [3.05, 3.63) is 65.3 Å². The van der Waals surface area contributed by atoms with Gasteiger partial charge in [0, 0.05) is 0 Å². The number of rotatable bonds is 5. The van der Waals surface area contributed by atoms with Gasteiger partial charge in [0.15, 0.2) is 5.76 Å². The molecule has 1 aliphatic carbocycles. The Morgan fingerprint density at radius 3 is 2.90 bits per heavy atom. The molecule has 2 atom stereocenters. The molecule has 6 heteroatoms. The number of benzene rings is 1. The number of carbonyl (C=O) groups excluding carboxylic acids is 2. The summed E-state index contributed by atoms with van der Waals surface area (Å²) in [5, 5.41) is 2.83. The van der Waals surface area contributed by atoms with E-state index in [1.165, 1.54) is 0 Å². The number of nitrogens with zero attached hydrogens (tertiary/aromatic N) is 1. The number of aryl methyl sites for hydroxylation is 1. The predicted molar refractivity (Wildman–Crippen MR) is 109 cm³/mol. The van der Waals surface area contributed by atoms with Crippen molar-refractivity contribution in [3.8, 4) is 0 Å². The SMILES string of the molecule is Cc1cccc(/C=C2/OC3CCCCC3N(CC(=O)NCc3ccco3)C2=O)c1. The number of hydrogen-bond donors (Lipinski definition) is 1. The van der Waals surface area contributed by atoms with Gasteiger partial charge in [-0.25, -0.2) is 0 Å². The highest BCUT2D eigenvalue weighted by Gasteiger charge is 2.42. The molecule has 2 aliphatic rings. The third-order valence-corrected chi connectivity index (χ3v) is 5.51. The highest BCUT2D eigenvalue weighted by atomic mass is 16.5. The molecule has 1 saturated carbocycles. The van der Waals surface area contributed by atoms with E-state index in [0.717, 1.165) is 36.8 Å². The summed E-state index contributed by atoms with van der Waals surface area (Å²) < 4.78 is 11.3. The fourth-order valence-corrected chi connectivity index (χ4v) is 4.08. The van der Waals surface area contributed by atoms with Crippen LogP contribution in [0.2, 0.25) is 0 Å². The summed E-state index contributed by atoms with van der Waals surface area (Å²) in [7, 11) is 0. The van der Waals surface area contributed by atoms with Crippen molar-refractivity contribution in [2.24, 2.45) is 0 Å². The molecule has 1 aromatic heterocycles. The van der Waals surface area contributed by atoms with Gasteiger partial charge in [0.1, 0.15) is 18.4 Å². The van der Waals surface area contributed by atoms with Gasteiger partial charge in [-0.05, 0) is 50.0 Å². The van der Waals surface area contributed by atoms with E-state index in [1.54, 1.807) is 29.4 Å². The minimum atomic E-state index is -0.220. The van der Waals surface area contributed by atoms with Crippen LogP contribution in [0.15, 0.2) is 52.8 Å². The Morgan fingerprint density at radius 2 is 2.10 bits per heavy atom. The van der Waals surface area contributed by atoms with E-state index < -0.39 is 0 Å². The Kier molecular flexibility index (Phi) is 5.69. The van der Waals surface area contributed by atoms with Crippen molar-refractivity contribution in [1.29, 1.82) is 0 Å². The first-order valence-corrected chi connectivity index (χ1v) is 10.2. The van der Waals surface area contributed by atoms with Crippen molar-refractivity contribution in [3.63, 3.8) is 0 Å². The molecule has 2 heterocycles. The number of nitrogens with one attached hydrogen (secondary N) is 1. The molecular formula is C23H26N2O4. The van der Waals surface area contributed by atoms with Crippen LogP contribution < -0.4 is 5.32 Å². The third kappa shape index (κ3) is 4.53. The first-order chi connectivity index (χ1) is 14.1. The van der Waals surface area contributed by atoms with E-state index in [4.69, 9.17) is 9.15 Å². The molecule has 0 bridgehead atoms. The molecule has 2 aromatic rings. The van der Waals surface area contributed by atoms with Crippen LogP contribution in [0, 0.1) is 6.92 Å². The second-order valence-corrected chi connectivity index (χ2v) is 7.72. The molecule has 2 amide bonds. The second-order valence-electron chi connectivity index (χ2n) is 7.72. The maximum atomic E-state index is 13.2. The zero-order valence-electron chi connectivity index (χ0n) is 16.6. The van der Waals surface area contributed by atoms with Crippen LogP contribution in [0.3, 0.4) is 0 Å². The lowest BCUT2D eigenvalue weighted by Gasteiger charge is -2.44. The Bertz CT molecular complexity index is 903. The second kappa shape index (κ2) is 8.55. The third-order valence-electron chi connectivity index (χ3n) is 5.51. The van der Waals surface area contributed by atoms with Gasteiger partial charge in [-0.1, -0.05) is 36.2 Å². The molecule has 0 radical (unpaired) electrons. The lowest BCUT2D eigenvalue weighted by atomic mass is 9.89. The summed E-state index contributed by atoms with van der Waals surface area (Å²) in [5.74, 6) is 0.582. The Labute approximate surface area is 170 Å². The number of ether oxygens (including phenoxy) is 1. The first-order valence-electron chi connectivity index (χ1n) is 10.2. The first kappa shape index (κ1) is 19.3. The number of hydrogen-bond acceptors (Lipinski definition) is 4. The molecule has 1 aliphatic heterocycles. The summed E-state index contributed by atoms with van der Waals surface area (Å²) >= 11 is 0. The lowest BCUT2D eigenvalue weighted by molar-refractivity contribution is -0.151. The predicted octanol–water partition coefficient (Wildman–Crippen LogP) is 3.42. The number of fused-ring (bicyclic) bond motifs is 1. The van der Waals surface area contributed by atoms with Gasteiger partial charge in [-0.2, -0.15) is 0 Å². The maximum absolute atomic E-state index is 13.2. The van der Waals surface area contributed by atoms with E-state index in [2.05, 4.69) is 5.32 Å². The van der Waals surface area contributed by atoms with Gasteiger partial charge in [0.2, 0.25) is 5.91 Å². The van der Waals surface area contributed by atoms with Crippen LogP contribution in [0.4, 0.5) is 0 Å². The molecule has 1 N–H and O–H groups in total. The Morgan fingerprint density at radius 1 is 1.24 bits per heavy atom. The Hall–Kier alpha value is -3.02. The van der Waals surface area contributed by atoms with E-state index in [9.17, 15) is 9.59 Å². The summed E-state index contributed by atoms with van der Waals surface area (Å²) in [4.78, 5) is 27.4. The number of morpholine rings is 1. The van der Waals surface area contributed by atoms with Crippen LogP contribution in [-0.4, -0.2) is 35.4 Å². The van der Waals surface area contributed by atoms with E-state index in [1.807, 2.05) is 31.2 Å². The fraction of sp³-hybridized carbons (Fsp3) is 0.391. The minimum Gasteiger partial charge on any atom is -0.482 e. The molecule has 1 saturated heterocycles. The van der Waals surface area contributed by atoms with Crippen LogP contribution >= 0.6 is 0 Å². The van der Waals surface area contributed by atoms with Crippen LogP contribution in [0.25, 0.3) is 6.08 Å². The van der Waals surface area contributed by atoms with Crippen LogP contribution in [0.5, 0.6) is 0 Å².